The molecule has 5 rings (SSSR count). The molecule has 3 aromatic rings. The average Bonchev–Trinajstić information content (AvgIpc) is 3.22. The maximum absolute atomic E-state index is 14.8. The lowest BCUT2D eigenvalue weighted by molar-refractivity contribution is -0.228. The number of likely N-dealkylation sites (tertiary alicyclic amines) is 1. The molecule has 8 heteroatoms. The minimum absolute atomic E-state index is 0.0266. The van der Waals surface area contributed by atoms with Gasteiger partial charge in [-0.25, -0.2) is 13.6 Å². The van der Waals surface area contributed by atoms with E-state index in [0.717, 1.165) is 16.7 Å². The summed E-state index contributed by atoms with van der Waals surface area (Å²) in [6.45, 7) is 1.78. The summed E-state index contributed by atoms with van der Waals surface area (Å²) in [5.74, 6) is -1.35. The number of aromatic carboxylic acids is 1. The molecule has 1 fully saturated rings. The number of fused-ring (bicyclic) bond motifs is 3. The van der Waals surface area contributed by atoms with Gasteiger partial charge in [0, 0.05) is 18.0 Å². The van der Waals surface area contributed by atoms with Gasteiger partial charge in [-0.2, -0.15) is 13.2 Å². The molecule has 1 heterocycles. The van der Waals surface area contributed by atoms with Crippen LogP contribution in [-0.4, -0.2) is 34.7 Å². The summed E-state index contributed by atoms with van der Waals surface area (Å²) in [5.41, 5.74) is -0.723. The molecule has 1 saturated heterocycles. The highest BCUT2D eigenvalue weighted by atomic mass is 19.4. The molecule has 0 radical (unpaired) electrons. The predicted molar refractivity (Wildman–Crippen MR) is 133 cm³/mol. The monoisotopic (exact) mass is 529 g/mol. The number of aryl methyl sites for hydroxylation is 1. The van der Waals surface area contributed by atoms with Crippen molar-refractivity contribution in [2.75, 3.05) is 6.54 Å². The molecule has 0 aromatic heterocycles. The van der Waals surface area contributed by atoms with Crippen LogP contribution in [0.4, 0.5) is 22.0 Å². The fourth-order valence-corrected chi connectivity index (χ4v) is 6.32. The van der Waals surface area contributed by atoms with Crippen LogP contribution in [0, 0.1) is 5.82 Å². The Labute approximate surface area is 217 Å². The Morgan fingerprint density at radius 2 is 1.76 bits per heavy atom. The molecule has 3 nitrogen and oxygen atoms in total. The van der Waals surface area contributed by atoms with E-state index in [0.29, 0.717) is 51.3 Å². The van der Waals surface area contributed by atoms with Gasteiger partial charge in [-0.05, 0) is 91.2 Å². The summed E-state index contributed by atoms with van der Waals surface area (Å²) in [7, 11) is 0. The molecule has 0 spiro atoms. The third kappa shape index (κ3) is 4.59. The molecule has 0 saturated carbocycles. The van der Waals surface area contributed by atoms with Gasteiger partial charge in [-0.15, -0.1) is 0 Å². The Balaban J connectivity index is 1.54. The standard InChI is InChI=1S/C30H28F5NO2/c1-28(32,30(33,34)35)23-8-11-25-21(16-23)7-12-26-29(25,17-19-5-9-24(31)10-6-19)13-14-36(26)18-20-3-2-4-22(15-20)27(37)38/h2-6,8-11,15-16,26H,7,12-14,17-18H2,1H3,(H,37,38)/t26-,28?,29-/m1/s1. The fraction of sp³-hybridized carbons (Fsp3) is 0.367. The molecule has 1 aliphatic heterocycles. The number of alkyl halides is 4. The van der Waals surface area contributed by atoms with E-state index in [9.17, 15) is 31.9 Å². The van der Waals surface area contributed by atoms with Crippen molar-refractivity contribution in [2.45, 2.75) is 62.5 Å². The molecule has 0 amide bonds. The average molecular weight is 530 g/mol. The van der Waals surface area contributed by atoms with Crippen molar-refractivity contribution in [3.63, 3.8) is 0 Å². The van der Waals surface area contributed by atoms with E-state index < -0.39 is 28.8 Å². The highest BCUT2D eigenvalue weighted by Crippen LogP contribution is 2.51. The molecule has 0 bridgehead atoms. The summed E-state index contributed by atoms with van der Waals surface area (Å²) in [6, 6.07) is 17.3. The van der Waals surface area contributed by atoms with Gasteiger partial charge in [0.15, 0.2) is 0 Å². The van der Waals surface area contributed by atoms with Crippen molar-refractivity contribution in [2.24, 2.45) is 0 Å². The highest BCUT2D eigenvalue weighted by molar-refractivity contribution is 5.87. The topological polar surface area (TPSA) is 40.5 Å². The largest absolute Gasteiger partial charge is 0.478 e. The molecule has 38 heavy (non-hydrogen) atoms. The van der Waals surface area contributed by atoms with E-state index in [1.54, 1.807) is 36.4 Å². The normalized spacial score (nSPS) is 22.9. The molecule has 2 aliphatic rings. The number of nitrogens with zero attached hydrogens (tertiary/aromatic N) is 1. The van der Waals surface area contributed by atoms with Gasteiger partial charge in [-0.3, -0.25) is 4.90 Å². The second-order valence-electron chi connectivity index (χ2n) is 10.6. The Bertz CT molecular complexity index is 1350. The zero-order chi connectivity index (χ0) is 27.3. The first kappa shape index (κ1) is 26.4. The summed E-state index contributed by atoms with van der Waals surface area (Å²) >= 11 is 0. The van der Waals surface area contributed by atoms with Gasteiger partial charge >= 0.3 is 12.1 Å². The van der Waals surface area contributed by atoms with Gasteiger partial charge in [0.2, 0.25) is 5.67 Å². The number of benzene rings is 3. The van der Waals surface area contributed by atoms with Gasteiger partial charge in [0.1, 0.15) is 5.82 Å². The van der Waals surface area contributed by atoms with Crippen LogP contribution in [0.3, 0.4) is 0 Å². The van der Waals surface area contributed by atoms with Gasteiger partial charge in [0.25, 0.3) is 0 Å². The first-order valence-electron chi connectivity index (χ1n) is 12.6. The number of carboxylic acid groups (broad SMARTS) is 1. The van der Waals surface area contributed by atoms with Crippen molar-refractivity contribution < 1.29 is 31.9 Å². The lowest BCUT2D eigenvalue weighted by atomic mass is 9.63. The van der Waals surface area contributed by atoms with Crippen LogP contribution in [0.1, 0.15) is 57.9 Å². The first-order chi connectivity index (χ1) is 17.9. The SMILES string of the molecule is CC(F)(c1ccc2c(c1)CC[C@H]1N(Cc3cccc(C(=O)O)c3)CC[C@@]21Cc1ccc(F)cc1)C(F)(F)F. The third-order valence-electron chi connectivity index (χ3n) is 8.32. The molecule has 200 valence electrons. The van der Waals surface area contributed by atoms with Crippen molar-refractivity contribution in [3.05, 3.63) is 106 Å². The Hall–Kier alpha value is -3.26. The predicted octanol–water partition coefficient (Wildman–Crippen LogP) is 6.97. The number of rotatable bonds is 6. The second kappa shape index (κ2) is 9.49. The van der Waals surface area contributed by atoms with Crippen LogP contribution in [0.25, 0.3) is 0 Å². The van der Waals surface area contributed by atoms with Gasteiger partial charge < -0.3 is 5.11 Å². The van der Waals surface area contributed by atoms with E-state index in [-0.39, 0.29) is 17.4 Å². The number of carbonyl (C=O) groups is 1. The zero-order valence-corrected chi connectivity index (χ0v) is 20.9. The van der Waals surface area contributed by atoms with Crippen LogP contribution in [0.5, 0.6) is 0 Å². The molecule has 1 unspecified atom stereocenters. The van der Waals surface area contributed by atoms with Crippen molar-refractivity contribution in [1.82, 2.24) is 4.90 Å². The highest BCUT2D eigenvalue weighted by Gasteiger charge is 2.55. The number of hydrogen-bond acceptors (Lipinski definition) is 2. The van der Waals surface area contributed by atoms with Crippen LogP contribution < -0.4 is 0 Å². The van der Waals surface area contributed by atoms with E-state index in [1.807, 2.05) is 6.07 Å². The minimum atomic E-state index is -5.03. The molecule has 1 N–H and O–H groups in total. The van der Waals surface area contributed by atoms with E-state index in [2.05, 4.69) is 4.90 Å². The van der Waals surface area contributed by atoms with E-state index in [4.69, 9.17) is 0 Å². The van der Waals surface area contributed by atoms with Crippen LogP contribution in [0.15, 0.2) is 66.7 Å². The molecule has 1 aliphatic carbocycles. The molecular weight excluding hydrogens is 501 g/mol. The number of hydrogen-bond donors (Lipinski definition) is 1. The Morgan fingerprint density at radius 3 is 2.45 bits per heavy atom. The Morgan fingerprint density at radius 1 is 1.03 bits per heavy atom. The van der Waals surface area contributed by atoms with E-state index in [1.165, 1.54) is 24.3 Å². The quantitative estimate of drug-likeness (QED) is 0.351. The fourth-order valence-electron chi connectivity index (χ4n) is 6.32. The molecule has 3 atom stereocenters. The molecular formula is C30H28F5NO2. The third-order valence-corrected chi connectivity index (χ3v) is 8.32. The van der Waals surface area contributed by atoms with Crippen LogP contribution in [-0.2, 0) is 30.5 Å². The molecule has 3 aromatic carbocycles. The smallest absolute Gasteiger partial charge is 0.426 e. The summed E-state index contributed by atoms with van der Waals surface area (Å²) in [6.07, 6.45) is -2.60. The van der Waals surface area contributed by atoms with Crippen LogP contribution in [0.2, 0.25) is 0 Å². The lowest BCUT2D eigenvalue weighted by Gasteiger charge is -2.44. The van der Waals surface area contributed by atoms with E-state index >= 15 is 0 Å². The van der Waals surface area contributed by atoms with Gasteiger partial charge in [0.05, 0.1) is 5.56 Å². The Kier molecular flexibility index (Phi) is 6.58. The maximum Gasteiger partial charge on any atom is 0.426 e. The lowest BCUT2D eigenvalue weighted by Crippen LogP contribution is -2.47. The van der Waals surface area contributed by atoms with Crippen molar-refractivity contribution >= 4 is 5.97 Å². The maximum atomic E-state index is 14.8. The van der Waals surface area contributed by atoms with Crippen molar-refractivity contribution in [3.8, 4) is 0 Å². The summed E-state index contributed by atoms with van der Waals surface area (Å²) < 4.78 is 68.8. The van der Waals surface area contributed by atoms with Crippen molar-refractivity contribution in [1.29, 1.82) is 0 Å². The van der Waals surface area contributed by atoms with Gasteiger partial charge in [-0.1, -0.05) is 42.5 Å². The first-order valence-corrected chi connectivity index (χ1v) is 12.6. The summed E-state index contributed by atoms with van der Waals surface area (Å²) in [5, 5.41) is 9.38. The van der Waals surface area contributed by atoms with Crippen LogP contribution >= 0.6 is 0 Å². The second-order valence-corrected chi connectivity index (χ2v) is 10.6. The number of carboxylic acids is 1. The minimum Gasteiger partial charge on any atom is -0.478 e. The number of halogens is 5. The zero-order valence-electron chi connectivity index (χ0n) is 20.9. The summed E-state index contributed by atoms with van der Waals surface area (Å²) in [4.78, 5) is 13.8.